The Labute approximate surface area is 104 Å². The second-order valence-electron chi connectivity index (χ2n) is 3.51. The molecule has 0 heterocycles. The summed E-state index contributed by atoms with van der Waals surface area (Å²) < 4.78 is 4.75. The largest absolute Gasteiger partial charge is 0.463 e. The fourth-order valence-corrected chi connectivity index (χ4v) is 1.32. The highest BCUT2D eigenvalue weighted by Gasteiger charge is 2.06. The minimum Gasteiger partial charge on any atom is -0.463 e. The zero-order valence-electron chi connectivity index (χ0n) is 10.2. The van der Waals surface area contributed by atoms with Crippen LogP contribution in [0.5, 0.6) is 0 Å². The monoisotopic (exact) mass is 250 g/mol. The average molecular weight is 250 g/mol. The summed E-state index contributed by atoms with van der Waals surface area (Å²) in [5.74, 6) is -0.451. The zero-order chi connectivity index (χ0) is 13.5. The third kappa shape index (κ3) is 4.25. The number of anilines is 1. The number of ether oxygens (including phenoxy) is 1. The number of hydrogen-bond acceptors (Lipinski definition) is 5. The van der Waals surface area contributed by atoms with Gasteiger partial charge in [-0.15, -0.1) is 0 Å². The van der Waals surface area contributed by atoms with E-state index >= 15 is 0 Å². The Morgan fingerprint density at radius 1 is 1.56 bits per heavy atom. The number of non-ortho nitro benzene ring substituents is 1. The summed E-state index contributed by atoms with van der Waals surface area (Å²) in [5.41, 5.74) is 1.08. The van der Waals surface area contributed by atoms with E-state index in [1.165, 1.54) is 18.2 Å². The van der Waals surface area contributed by atoms with Gasteiger partial charge < -0.3 is 10.1 Å². The number of nitro benzene ring substituents is 1. The summed E-state index contributed by atoms with van der Waals surface area (Å²) in [5, 5.41) is 13.5. The van der Waals surface area contributed by atoms with Crippen molar-refractivity contribution in [2.45, 2.75) is 13.8 Å². The van der Waals surface area contributed by atoms with Crippen molar-refractivity contribution in [1.29, 1.82) is 0 Å². The summed E-state index contributed by atoms with van der Waals surface area (Å²) in [6, 6.07) is 6.03. The van der Waals surface area contributed by atoms with E-state index in [0.29, 0.717) is 18.0 Å². The third-order valence-electron chi connectivity index (χ3n) is 2.02. The molecule has 0 atom stereocenters. The van der Waals surface area contributed by atoms with Crippen molar-refractivity contribution in [3.8, 4) is 0 Å². The molecule has 0 spiro atoms. The van der Waals surface area contributed by atoms with Crippen LogP contribution in [0.2, 0.25) is 0 Å². The second kappa shape index (κ2) is 6.39. The third-order valence-corrected chi connectivity index (χ3v) is 2.02. The van der Waals surface area contributed by atoms with Crippen molar-refractivity contribution >= 4 is 17.3 Å². The van der Waals surface area contributed by atoms with E-state index in [9.17, 15) is 14.9 Å². The predicted octanol–water partition coefficient (Wildman–Crippen LogP) is 2.47. The Kier molecular flexibility index (Phi) is 4.86. The highest BCUT2D eigenvalue weighted by atomic mass is 16.6. The topological polar surface area (TPSA) is 81.5 Å². The summed E-state index contributed by atoms with van der Waals surface area (Å²) in [7, 11) is 0. The molecule has 0 aliphatic rings. The maximum absolute atomic E-state index is 11.2. The van der Waals surface area contributed by atoms with Gasteiger partial charge in [0.2, 0.25) is 0 Å². The molecule has 0 amide bonds. The Balaban J connectivity index is 2.75. The molecule has 0 fully saturated rings. The molecule has 6 nitrogen and oxygen atoms in total. The Bertz CT molecular complexity index is 483. The van der Waals surface area contributed by atoms with Crippen LogP contribution in [0.25, 0.3) is 0 Å². The number of allylic oxidation sites excluding steroid dienone is 1. The molecule has 6 heteroatoms. The minimum absolute atomic E-state index is 0.0102. The lowest BCUT2D eigenvalue weighted by Crippen LogP contribution is -2.04. The molecule has 0 saturated heterocycles. The van der Waals surface area contributed by atoms with Crippen LogP contribution in [0.15, 0.2) is 36.0 Å². The van der Waals surface area contributed by atoms with Gasteiger partial charge in [-0.1, -0.05) is 6.07 Å². The number of hydrogen-bond donors (Lipinski definition) is 1. The lowest BCUT2D eigenvalue weighted by Gasteiger charge is -2.06. The van der Waals surface area contributed by atoms with E-state index in [0.717, 1.165) is 0 Å². The van der Waals surface area contributed by atoms with E-state index < -0.39 is 10.9 Å². The fourth-order valence-electron chi connectivity index (χ4n) is 1.32. The molecule has 0 bridgehead atoms. The van der Waals surface area contributed by atoms with Crippen LogP contribution >= 0.6 is 0 Å². The molecule has 18 heavy (non-hydrogen) atoms. The molecule has 1 rings (SSSR count). The number of esters is 1. The first-order valence-corrected chi connectivity index (χ1v) is 5.39. The fraction of sp³-hybridized carbons (Fsp3) is 0.250. The first-order chi connectivity index (χ1) is 8.52. The number of rotatable bonds is 5. The molecule has 0 aliphatic heterocycles. The van der Waals surface area contributed by atoms with E-state index in [1.807, 2.05) is 0 Å². The smallest absolute Gasteiger partial charge is 0.332 e. The van der Waals surface area contributed by atoms with Gasteiger partial charge in [0.25, 0.3) is 5.69 Å². The summed E-state index contributed by atoms with van der Waals surface area (Å²) >= 11 is 0. The minimum atomic E-state index is -0.477. The molecule has 0 aliphatic carbocycles. The number of carbonyl (C=O) groups excluding carboxylic acids is 1. The SMILES string of the molecule is CCOC(=O)/C=C(\C)Nc1cccc([N+](=O)[O-])c1. The molecule has 1 aromatic rings. The van der Waals surface area contributed by atoms with Crippen LogP contribution in [0, 0.1) is 10.1 Å². The van der Waals surface area contributed by atoms with Gasteiger partial charge in [0.15, 0.2) is 0 Å². The van der Waals surface area contributed by atoms with Crippen molar-refractivity contribution < 1.29 is 14.5 Å². The number of carbonyl (C=O) groups is 1. The van der Waals surface area contributed by atoms with Gasteiger partial charge in [0.1, 0.15) is 0 Å². The van der Waals surface area contributed by atoms with E-state index in [2.05, 4.69) is 5.32 Å². The first kappa shape index (κ1) is 13.7. The maximum Gasteiger partial charge on any atom is 0.332 e. The van der Waals surface area contributed by atoms with Crippen molar-refractivity contribution in [3.63, 3.8) is 0 Å². The van der Waals surface area contributed by atoms with Crippen molar-refractivity contribution in [1.82, 2.24) is 0 Å². The van der Waals surface area contributed by atoms with Gasteiger partial charge >= 0.3 is 5.97 Å². The van der Waals surface area contributed by atoms with Gasteiger partial charge in [-0.3, -0.25) is 10.1 Å². The standard InChI is InChI=1S/C12H14N2O4/c1-3-18-12(15)7-9(2)13-10-5-4-6-11(8-10)14(16)17/h4-8,13H,3H2,1-2H3/b9-7+. The van der Waals surface area contributed by atoms with Crippen molar-refractivity contribution in [2.24, 2.45) is 0 Å². The zero-order valence-corrected chi connectivity index (χ0v) is 10.2. The molecular formula is C12H14N2O4. The highest BCUT2D eigenvalue weighted by molar-refractivity contribution is 5.83. The lowest BCUT2D eigenvalue weighted by molar-refractivity contribution is -0.384. The molecule has 1 aromatic carbocycles. The number of nitrogens with zero attached hydrogens (tertiary/aromatic N) is 1. The van der Waals surface area contributed by atoms with Gasteiger partial charge in [-0.05, 0) is 19.9 Å². The molecule has 0 saturated carbocycles. The van der Waals surface area contributed by atoms with Gasteiger partial charge in [-0.2, -0.15) is 0 Å². The summed E-state index contributed by atoms with van der Waals surface area (Å²) in [6.07, 6.45) is 1.29. The van der Waals surface area contributed by atoms with E-state index in [4.69, 9.17) is 4.74 Å². The van der Waals surface area contributed by atoms with Crippen LogP contribution in [-0.2, 0) is 9.53 Å². The first-order valence-electron chi connectivity index (χ1n) is 5.39. The van der Waals surface area contributed by atoms with Gasteiger partial charge in [-0.25, -0.2) is 4.79 Å². The second-order valence-corrected chi connectivity index (χ2v) is 3.51. The van der Waals surface area contributed by atoms with Crippen LogP contribution < -0.4 is 5.32 Å². The van der Waals surface area contributed by atoms with Crippen LogP contribution in [0.4, 0.5) is 11.4 Å². The molecule has 1 N–H and O–H groups in total. The molecule has 96 valence electrons. The Morgan fingerprint density at radius 2 is 2.28 bits per heavy atom. The molecule has 0 unspecified atom stereocenters. The lowest BCUT2D eigenvalue weighted by atomic mass is 10.2. The van der Waals surface area contributed by atoms with Crippen molar-refractivity contribution in [2.75, 3.05) is 11.9 Å². The molecular weight excluding hydrogens is 236 g/mol. The molecule has 0 aromatic heterocycles. The number of nitro groups is 1. The predicted molar refractivity (Wildman–Crippen MR) is 67.1 cm³/mol. The highest BCUT2D eigenvalue weighted by Crippen LogP contribution is 2.18. The van der Waals surface area contributed by atoms with Crippen LogP contribution in [-0.4, -0.2) is 17.5 Å². The van der Waals surface area contributed by atoms with E-state index in [1.54, 1.807) is 26.0 Å². The van der Waals surface area contributed by atoms with Gasteiger partial charge in [0, 0.05) is 29.6 Å². The van der Waals surface area contributed by atoms with Crippen LogP contribution in [0.3, 0.4) is 0 Å². The quantitative estimate of drug-likeness (QED) is 0.375. The average Bonchev–Trinajstić information content (AvgIpc) is 2.29. The summed E-state index contributed by atoms with van der Waals surface area (Å²) in [6.45, 7) is 3.70. The summed E-state index contributed by atoms with van der Waals surface area (Å²) in [4.78, 5) is 21.3. The normalized spacial score (nSPS) is 10.9. The number of nitrogens with one attached hydrogen (secondary N) is 1. The van der Waals surface area contributed by atoms with Crippen molar-refractivity contribution in [3.05, 3.63) is 46.2 Å². The molecule has 0 radical (unpaired) electrons. The van der Waals surface area contributed by atoms with Crippen LogP contribution in [0.1, 0.15) is 13.8 Å². The maximum atomic E-state index is 11.2. The Hall–Kier alpha value is -2.37. The number of benzene rings is 1. The van der Waals surface area contributed by atoms with Gasteiger partial charge in [0.05, 0.1) is 11.5 Å². The van der Waals surface area contributed by atoms with E-state index in [-0.39, 0.29) is 5.69 Å². The Morgan fingerprint density at radius 3 is 2.89 bits per heavy atom.